The van der Waals surface area contributed by atoms with Crippen molar-refractivity contribution in [3.05, 3.63) is 52.5 Å². The Morgan fingerprint density at radius 1 is 1.15 bits per heavy atom. The zero-order valence-electron chi connectivity index (χ0n) is 16.0. The van der Waals surface area contributed by atoms with E-state index >= 15 is 0 Å². The number of halogens is 1. The summed E-state index contributed by atoms with van der Waals surface area (Å²) < 4.78 is 12.1. The first-order valence-corrected chi connectivity index (χ1v) is 9.33. The summed E-state index contributed by atoms with van der Waals surface area (Å²) >= 11 is 3.50. The molecule has 0 radical (unpaired) electrons. The second-order valence-corrected chi connectivity index (χ2v) is 6.80. The van der Waals surface area contributed by atoms with Gasteiger partial charge in [0.15, 0.2) is 18.1 Å². The summed E-state index contributed by atoms with van der Waals surface area (Å²) in [5, 5.41) is 6.25. The molecular formula is C20H24BrN3O3. The number of anilines is 1. The van der Waals surface area contributed by atoms with E-state index in [2.05, 4.69) is 21.0 Å². The van der Waals surface area contributed by atoms with Crippen LogP contribution in [0.1, 0.15) is 12.5 Å². The van der Waals surface area contributed by atoms with Crippen LogP contribution in [0.15, 0.2) is 52.0 Å². The first-order valence-electron chi connectivity index (χ1n) is 8.54. The molecule has 0 spiro atoms. The molecule has 0 heterocycles. The van der Waals surface area contributed by atoms with Crippen LogP contribution >= 0.6 is 15.9 Å². The molecule has 0 N–H and O–H groups in total. The third kappa shape index (κ3) is 5.99. The number of para-hydroxylation sites is 1. The average molecular weight is 434 g/mol. The Balaban J connectivity index is 2.21. The van der Waals surface area contributed by atoms with Crippen molar-refractivity contribution in [1.82, 2.24) is 4.90 Å². The number of rotatable bonds is 8. The average Bonchev–Trinajstić information content (AvgIpc) is 2.66. The maximum Gasteiger partial charge on any atom is 0.259 e. The van der Waals surface area contributed by atoms with E-state index in [0.29, 0.717) is 22.6 Å². The van der Waals surface area contributed by atoms with Crippen molar-refractivity contribution in [3.8, 4) is 11.5 Å². The lowest BCUT2D eigenvalue weighted by Crippen LogP contribution is -2.27. The number of hydrazone groups is 1. The lowest BCUT2D eigenvalue weighted by molar-refractivity contribution is -0.130. The molecule has 0 bridgehead atoms. The standard InChI is InChI=1S/C20H24BrN3O3/c1-5-26-18-12-15(13-22-24(4)16-9-7-6-8-10-16)11-17(21)20(18)27-14-19(25)23(2)3/h6-13H,5,14H2,1-4H3/b22-13+. The van der Waals surface area contributed by atoms with Gasteiger partial charge in [-0.3, -0.25) is 9.80 Å². The summed E-state index contributed by atoms with van der Waals surface area (Å²) in [6, 6.07) is 13.6. The fourth-order valence-corrected chi connectivity index (χ4v) is 2.77. The maximum absolute atomic E-state index is 11.8. The Bertz CT molecular complexity index is 795. The van der Waals surface area contributed by atoms with Crippen LogP contribution in [0, 0.1) is 0 Å². The molecule has 0 saturated heterocycles. The molecule has 2 rings (SSSR count). The van der Waals surface area contributed by atoms with Crippen LogP contribution in [0.2, 0.25) is 0 Å². The predicted molar refractivity (Wildman–Crippen MR) is 112 cm³/mol. The summed E-state index contributed by atoms with van der Waals surface area (Å²) in [5.74, 6) is 0.933. The number of hydrogen-bond donors (Lipinski definition) is 0. The zero-order valence-corrected chi connectivity index (χ0v) is 17.6. The van der Waals surface area contributed by atoms with Gasteiger partial charge in [-0.15, -0.1) is 0 Å². The molecule has 0 aliphatic carbocycles. The number of benzene rings is 2. The molecule has 0 aliphatic heterocycles. The molecule has 0 aliphatic rings. The maximum atomic E-state index is 11.8. The first kappa shape index (κ1) is 20.8. The molecule has 0 aromatic heterocycles. The van der Waals surface area contributed by atoms with Gasteiger partial charge in [-0.1, -0.05) is 18.2 Å². The molecule has 7 heteroatoms. The number of carbonyl (C=O) groups excluding carboxylic acids is 1. The summed E-state index contributed by atoms with van der Waals surface area (Å²) in [7, 11) is 5.26. The van der Waals surface area contributed by atoms with E-state index < -0.39 is 0 Å². The summed E-state index contributed by atoms with van der Waals surface area (Å²) in [6.45, 7) is 2.32. The third-order valence-electron chi connectivity index (χ3n) is 3.68. The molecule has 2 aromatic carbocycles. The highest BCUT2D eigenvalue weighted by Crippen LogP contribution is 2.36. The molecule has 0 unspecified atom stereocenters. The van der Waals surface area contributed by atoms with Crippen LogP contribution in [-0.2, 0) is 4.79 Å². The van der Waals surface area contributed by atoms with E-state index in [-0.39, 0.29) is 12.5 Å². The Morgan fingerprint density at radius 3 is 2.48 bits per heavy atom. The second kappa shape index (κ2) is 9.97. The Labute approximate surface area is 168 Å². The second-order valence-electron chi connectivity index (χ2n) is 5.94. The van der Waals surface area contributed by atoms with E-state index in [0.717, 1.165) is 11.3 Å². The van der Waals surface area contributed by atoms with Crippen molar-refractivity contribution in [2.24, 2.45) is 5.10 Å². The van der Waals surface area contributed by atoms with Crippen molar-refractivity contribution in [1.29, 1.82) is 0 Å². The summed E-state index contributed by atoms with van der Waals surface area (Å²) in [6.07, 6.45) is 1.75. The topological polar surface area (TPSA) is 54.4 Å². The lowest BCUT2D eigenvalue weighted by Gasteiger charge is -2.16. The van der Waals surface area contributed by atoms with Gasteiger partial charge >= 0.3 is 0 Å². The predicted octanol–water partition coefficient (Wildman–Crippen LogP) is 3.79. The van der Waals surface area contributed by atoms with E-state index in [4.69, 9.17) is 9.47 Å². The quantitative estimate of drug-likeness (QED) is 0.469. The summed E-state index contributed by atoms with van der Waals surface area (Å²) in [4.78, 5) is 13.3. The van der Waals surface area contributed by atoms with Gasteiger partial charge in [0.2, 0.25) is 0 Å². The lowest BCUT2D eigenvalue weighted by atomic mass is 10.2. The smallest absolute Gasteiger partial charge is 0.259 e. The van der Waals surface area contributed by atoms with Gasteiger partial charge in [0.05, 0.1) is 23.0 Å². The molecule has 0 atom stereocenters. The van der Waals surface area contributed by atoms with Crippen LogP contribution in [0.25, 0.3) is 0 Å². The van der Waals surface area contributed by atoms with Crippen molar-refractivity contribution >= 4 is 33.7 Å². The van der Waals surface area contributed by atoms with Gasteiger partial charge in [-0.25, -0.2) is 0 Å². The molecule has 6 nitrogen and oxygen atoms in total. The van der Waals surface area contributed by atoms with Crippen molar-refractivity contribution in [3.63, 3.8) is 0 Å². The minimum Gasteiger partial charge on any atom is -0.490 e. The monoisotopic (exact) mass is 433 g/mol. The van der Waals surface area contributed by atoms with Gasteiger partial charge < -0.3 is 14.4 Å². The highest BCUT2D eigenvalue weighted by Gasteiger charge is 2.14. The highest BCUT2D eigenvalue weighted by molar-refractivity contribution is 9.10. The van der Waals surface area contributed by atoms with Gasteiger partial charge in [0.1, 0.15) is 0 Å². The van der Waals surface area contributed by atoms with Gasteiger partial charge in [-0.05, 0) is 52.7 Å². The Morgan fingerprint density at radius 2 is 1.85 bits per heavy atom. The van der Waals surface area contributed by atoms with Crippen LogP contribution in [-0.4, -0.2) is 51.4 Å². The molecule has 27 heavy (non-hydrogen) atoms. The minimum atomic E-state index is -0.125. The largest absolute Gasteiger partial charge is 0.490 e. The number of carbonyl (C=O) groups is 1. The molecule has 2 aromatic rings. The number of likely N-dealkylation sites (N-methyl/N-ethyl adjacent to an activating group) is 1. The zero-order chi connectivity index (χ0) is 19.8. The number of amides is 1. The number of hydrogen-bond acceptors (Lipinski definition) is 5. The fraction of sp³-hybridized carbons (Fsp3) is 0.300. The van der Waals surface area contributed by atoms with Crippen LogP contribution in [0.3, 0.4) is 0 Å². The van der Waals surface area contributed by atoms with E-state index in [1.807, 2.05) is 56.4 Å². The highest BCUT2D eigenvalue weighted by atomic mass is 79.9. The molecule has 144 valence electrons. The van der Waals surface area contributed by atoms with Crippen LogP contribution in [0.4, 0.5) is 5.69 Å². The van der Waals surface area contributed by atoms with Crippen molar-refractivity contribution in [2.75, 3.05) is 39.4 Å². The van der Waals surface area contributed by atoms with Gasteiger partial charge in [-0.2, -0.15) is 5.10 Å². The number of nitrogens with zero attached hydrogens (tertiary/aromatic N) is 3. The Kier molecular flexibility index (Phi) is 7.67. The molecule has 1 amide bonds. The van der Waals surface area contributed by atoms with E-state index in [9.17, 15) is 4.79 Å². The molecule has 0 saturated carbocycles. The van der Waals surface area contributed by atoms with E-state index in [1.54, 1.807) is 25.3 Å². The van der Waals surface area contributed by atoms with Crippen LogP contribution in [0.5, 0.6) is 11.5 Å². The Hall–Kier alpha value is -2.54. The SMILES string of the molecule is CCOc1cc(/C=N/N(C)c2ccccc2)cc(Br)c1OCC(=O)N(C)C. The van der Waals surface area contributed by atoms with Gasteiger partial charge in [0, 0.05) is 21.1 Å². The minimum absolute atomic E-state index is 0.0597. The van der Waals surface area contributed by atoms with E-state index in [1.165, 1.54) is 4.90 Å². The third-order valence-corrected chi connectivity index (χ3v) is 4.27. The van der Waals surface area contributed by atoms with Crippen molar-refractivity contribution < 1.29 is 14.3 Å². The normalized spacial score (nSPS) is 10.7. The molecular weight excluding hydrogens is 410 g/mol. The summed E-state index contributed by atoms with van der Waals surface area (Å²) in [5.41, 5.74) is 1.83. The van der Waals surface area contributed by atoms with Crippen molar-refractivity contribution in [2.45, 2.75) is 6.92 Å². The van der Waals surface area contributed by atoms with Gasteiger partial charge in [0.25, 0.3) is 5.91 Å². The first-order chi connectivity index (χ1) is 12.9. The fourth-order valence-electron chi connectivity index (χ4n) is 2.19. The molecule has 0 fully saturated rings. The number of ether oxygens (including phenoxy) is 2. The van der Waals surface area contributed by atoms with Crippen LogP contribution < -0.4 is 14.5 Å².